The molecule has 2 amide bonds. The highest BCUT2D eigenvalue weighted by Gasteiger charge is 2.27. The molecule has 0 bridgehead atoms. The fourth-order valence-corrected chi connectivity index (χ4v) is 3.50. The Bertz CT molecular complexity index is 1230. The van der Waals surface area contributed by atoms with E-state index in [-0.39, 0.29) is 46.3 Å². The third kappa shape index (κ3) is 4.25. The van der Waals surface area contributed by atoms with Gasteiger partial charge >= 0.3 is 5.76 Å². The molecule has 0 N–H and O–H groups in total. The average Bonchev–Trinajstić information content (AvgIpc) is 3.43. The topological polar surface area (TPSA) is 145 Å². The zero-order valence-electron chi connectivity index (χ0n) is 16.5. The van der Waals surface area contributed by atoms with Crippen molar-refractivity contribution in [2.45, 2.75) is 6.54 Å². The molecule has 1 saturated heterocycles. The summed E-state index contributed by atoms with van der Waals surface area (Å²) in [6.07, 6.45) is 1.42. The molecule has 4 rings (SSSR count). The maximum absolute atomic E-state index is 12.6. The van der Waals surface area contributed by atoms with E-state index in [9.17, 15) is 24.5 Å². The summed E-state index contributed by atoms with van der Waals surface area (Å²) >= 11 is 6.04. The molecule has 13 heteroatoms. The molecular formula is C19H16ClN5O7. The Labute approximate surface area is 184 Å². The van der Waals surface area contributed by atoms with Gasteiger partial charge in [0.25, 0.3) is 17.5 Å². The summed E-state index contributed by atoms with van der Waals surface area (Å²) in [4.78, 5) is 50.4. The van der Waals surface area contributed by atoms with Gasteiger partial charge in [0.15, 0.2) is 5.76 Å². The monoisotopic (exact) mass is 461 g/mol. The summed E-state index contributed by atoms with van der Waals surface area (Å²) in [5, 5.41) is 14.8. The summed E-state index contributed by atoms with van der Waals surface area (Å²) in [5.74, 6) is -1.41. The van der Waals surface area contributed by atoms with Gasteiger partial charge in [-0.3, -0.25) is 19.7 Å². The fourth-order valence-electron chi connectivity index (χ4n) is 3.25. The molecule has 2 aromatic heterocycles. The van der Waals surface area contributed by atoms with Crippen LogP contribution in [0.1, 0.15) is 10.6 Å². The Balaban J connectivity index is 1.40. The normalized spacial score (nSPS) is 13.9. The van der Waals surface area contributed by atoms with E-state index < -0.39 is 10.7 Å². The molecule has 1 fully saturated rings. The summed E-state index contributed by atoms with van der Waals surface area (Å²) in [5.41, 5.74) is -0.0361. The van der Waals surface area contributed by atoms with Crippen LogP contribution in [0.25, 0.3) is 11.5 Å². The van der Waals surface area contributed by atoms with E-state index in [1.807, 2.05) is 0 Å². The van der Waals surface area contributed by atoms with Crippen molar-refractivity contribution in [3.8, 4) is 11.5 Å². The van der Waals surface area contributed by atoms with Crippen LogP contribution in [0.3, 0.4) is 0 Å². The van der Waals surface area contributed by atoms with Gasteiger partial charge in [0.1, 0.15) is 6.54 Å². The second kappa shape index (κ2) is 8.67. The molecule has 0 aliphatic carbocycles. The SMILES string of the molecule is O=C(Cn1nc(-c2ccc([N+](=O)[O-])cc2Cl)oc1=O)N1CCN(C(=O)c2ccco2)CC1. The van der Waals surface area contributed by atoms with Gasteiger partial charge < -0.3 is 18.6 Å². The predicted molar refractivity (Wildman–Crippen MR) is 109 cm³/mol. The molecule has 1 aromatic carbocycles. The first kappa shape index (κ1) is 21.3. The Hall–Kier alpha value is -3.93. The lowest BCUT2D eigenvalue weighted by atomic mass is 10.2. The van der Waals surface area contributed by atoms with Crippen molar-refractivity contribution in [3.63, 3.8) is 0 Å². The summed E-state index contributed by atoms with van der Waals surface area (Å²) < 4.78 is 11.0. The number of amides is 2. The first-order valence-electron chi connectivity index (χ1n) is 9.46. The van der Waals surface area contributed by atoms with E-state index in [0.29, 0.717) is 26.2 Å². The Morgan fingerprint density at radius 2 is 1.88 bits per heavy atom. The van der Waals surface area contributed by atoms with Crippen molar-refractivity contribution in [2.24, 2.45) is 0 Å². The lowest BCUT2D eigenvalue weighted by Gasteiger charge is -2.34. The van der Waals surface area contributed by atoms with Crippen LogP contribution in [0.15, 0.2) is 50.2 Å². The number of carbonyl (C=O) groups is 2. The highest BCUT2D eigenvalue weighted by molar-refractivity contribution is 6.33. The fraction of sp³-hybridized carbons (Fsp3) is 0.263. The van der Waals surface area contributed by atoms with Gasteiger partial charge in [0, 0.05) is 38.3 Å². The third-order valence-corrected chi connectivity index (χ3v) is 5.25. The van der Waals surface area contributed by atoms with Crippen molar-refractivity contribution in [3.05, 3.63) is 68.0 Å². The quantitative estimate of drug-likeness (QED) is 0.411. The largest absolute Gasteiger partial charge is 0.459 e. The van der Waals surface area contributed by atoms with E-state index in [1.165, 1.54) is 23.3 Å². The van der Waals surface area contributed by atoms with Crippen LogP contribution in [0.2, 0.25) is 5.02 Å². The van der Waals surface area contributed by atoms with Crippen LogP contribution in [0, 0.1) is 10.1 Å². The van der Waals surface area contributed by atoms with Gasteiger partial charge in [-0.05, 0) is 18.2 Å². The Kier molecular flexibility index (Phi) is 5.77. The number of benzene rings is 1. The number of halogens is 1. The zero-order chi connectivity index (χ0) is 22.8. The van der Waals surface area contributed by atoms with E-state index in [4.69, 9.17) is 20.4 Å². The lowest BCUT2D eigenvalue weighted by Crippen LogP contribution is -2.51. The second-order valence-electron chi connectivity index (χ2n) is 6.90. The molecule has 1 aliphatic rings. The van der Waals surface area contributed by atoms with Gasteiger partial charge in [-0.25, -0.2) is 4.79 Å². The maximum atomic E-state index is 12.6. The average molecular weight is 462 g/mol. The van der Waals surface area contributed by atoms with Crippen LogP contribution < -0.4 is 5.76 Å². The van der Waals surface area contributed by atoms with Gasteiger partial charge in [0.05, 0.1) is 21.8 Å². The van der Waals surface area contributed by atoms with Crippen molar-refractivity contribution in [1.29, 1.82) is 0 Å². The van der Waals surface area contributed by atoms with Crippen LogP contribution in [0.5, 0.6) is 0 Å². The highest BCUT2D eigenvalue weighted by atomic mass is 35.5. The molecular weight excluding hydrogens is 446 g/mol. The number of carbonyl (C=O) groups excluding carboxylic acids is 2. The van der Waals surface area contributed by atoms with Crippen molar-refractivity contribution in [1.82, 2.24) is 19.6 Å². The Morgan fingerprint density at radius 1 is 1.16 bits per heavy atom. The number of nitrogens with zero attached hydrogens (tertiary/aromatic N) is 5. The second-order valence-corrected chi connectivity index (χ2v) is 7.31. The lowest BCUT2D eigenvalue weighted by molar-refractivity contribution is -0.384. The van der Waals surface area contributed by atoms with Gasteiger partial charge in [-0.15, -0.1) is 5.10 Å². The first-order chi connectivity index (χ1) is 15.3. The number of nitro groups is 1. The van der Waals surface area contributed by atoms with Crippen molar-refractivity contribution in [2.75, 3.05) is 26.2 Å². The van der Waals surface area contributed by atoms with Crippen molar-refractivity contribution < 1.29 is 23.3 Å². The van der Waals surface area contributed by atoms with Crippen molar-refractivity contribution >= 4 is 29.1 Å². The van der Waals surface area contributed by atoms with Crippen LogP contribution in [-0.4, -0.2) is 62.5 Å². The minimum absolute atomic E-state index is 0.0173. The van der Waals surface area contributed by atoms with E-state index >= 15 is 0 Å². The van der Waals surface area contributed by atoms with Gasteiger partial charge in [-0.2, -0.15) is 4.68 Å². The molecule has 0 atom stereocenters. The number of rotatable bonds is 5. The molecule has 12 nitrogen and oxygen atoms in total. The third-order valence-electron chi connectivity index (χ3n) is 4.94. The van der Waals surface area contributed by atoms with Crippen LogP contribution in [0.4, 0.5) is 5.69 Å². The Morgan fingerprint density at radius 3 is 2.50 bits per heavy atom. The number of hydrogen-bond acceptors (Lipinski definition) is 8. The zero-order valence-corrected chi connectivity index (χ0v) is 17.2. The molecule has 166 valence electrons. The summed E-state index contributed by atoms with van der Waals surface area (Å²) in [6, 6.07) is 6.83. The predicted octanol–water partition coefficient (Wildman–Crippen LogP) is 1.64. The number of furan rings is 1. The van der Waals surface area contributed by atoms with E-state index in [0.717, 1.165) is 10.7 Å². The highest BCUT2D eigenvalue weighted by Crippen LogP contribution is 2.29. The summed E-state index contributed by atoms with van der Waals surface area (Å²) in [7, 11) is 0. The maximum Gasteiger partial charge on any atom is 0.437 e. The molecule has 0 radical (unpaired) electrons. The van der Waals surface area contributed by atoms with Gasteiger partial charge in [0.2, 0.25) is 5.91 Å². The number of nitro benzene ring substituents is 1. The number of piperazine rings is 1. The standard InChI is InChI=1S/C19H16ClN5O7/c20-14-10-12(25(29)30)3-4-13(14)17-21-24(19(28)32-17)11-16(26)22-5-7-23(8-6-22)18(27)15-2-1-9-31-15/h1-4,9-10H,5-8,11H2. The van der Waals surface area contributed by atoms with Crippen LogP contribution in [-0.2, 0) is 11.3 Å². The molecule has 3 heterocycles. The number of aromatic nitrogens is 2. The smallest absolute Gasteiger partial charge is 0.437 e. The minimum Gasteiger partial charge on any atom is -0.459 e. The summed E-state index contributed by atoms with van der Waals surface area (Å²) in [6.45, 7) is 0.863. The van der Waals surface area contributed by atoms with Crippen LogP contribution >= 0.6 is 11.6 Å². The van der Waals surface area contributed by atoms with Gasteiger partial charge in [-0.1, -0.05) is 11.6 Å². The molecule has 0 unspecified atom stereocenters. The minimum atomic E-state index is -0.866. The molecule has 0 saturated carbocycles. The molecule has 0 spiro atoms. The first-order valence-corrected chi connectivity index (χ1v) is 9.84. The number of hydrogen-bond donors (Lipinski definition) is 0. The van der Waals surface area contributed by atoms with E-state index in [2.05, 4.69) is 5.10 Å². The molecule has 32 heavy (non-hydrogen) atoms. The molecule has 3 aromatic rings. The molecule has 1 aliphatic heterocycles. The number of non-ortho nitro benzene ring substituents is 1. The van der Waals surface area contributed by atoms with E-state index in [1.54, 1.807) is 17.0 Å².